The van der Waals surface area contributed by atoms with Crippen LogP contribution in [-0.2, 0) is 12.8 Å². The van der Waals surface area contributed by atoms with E-state index in [1.165, 1.54) is 16.5 Å². The molecule has 3 aromatic rings. The number of hydrogen-bond acceptors (Lipinski definition) is 5. The summed E-state index contributed by atoms with van der Waals surface area (Å²) in [6.45, 7) is 0. The van der Waals surface area contributed by atoms with E-state index >= 15 is 0 Å². The molecule has 0 aliphatic rings. The van der Waals surface area contributed by atoms with Gasteiger partial charge in [0.15, 0.2) is 0 Å². The molecule has 0 unspecified atom stereocenters. The van der Waals surface area contributed by atoms with Gasteiger partial charge >= 0.3 is 0 Å². The maximum Gasteiger partial charge on any atom is 0.291 e. The van der Waals surface area contributed by atoms with Gasteiger partial charge in [0.2, 0.25) is 5.95 Å². The van der Waals surface area contributed by atoms with Crippen LogP contribution in [0.1, 0.15) is 17.8 Å². The van der Waals surface area contributed by atoms with Crippen molar-refractivity contribution in [2.24, 2.45) is 0 Å². The quantitative estimate of drug-likeness (QED) is 0.426. The number of H-pyrrole nitrogens is 2. The third-order valence-electron chi connectivity index (χ3n) is 3.08. The minimum Gasteiger partial charge on any atom is -0.367 e. The van der Waals surface area contributed by atoms with Gasteiger partial charge in [0.1, 0.15) is 5.82 Å². The standard InChI is InChI=1S/C13H15N5.HNO3/c14-13-16-12(17-18-13)7-3-4-9-8-15-11-6-2-1-5-10(9)11;2-1(3)4/h1-2,5-6,8,15H,3-4,7H2,(H3,14,16,17,18);(H,2,3,4). The number of nitrogens with two attached hydrogens (primary N) is 1. The summed E-state index contributed by atoms with van der Waals surface area (Å²) in [6, 6.07) is 8.35. The topological polar surface area (TPSA) is 147 Å². The van der Waals surface area contributed by atoms with Gasteiger partial charge < -0.3 is 15.9 Å². The minimum atomic E-state index is -1.50. The summed E-state index contributed by atoms with van der Waals surface area (Å²) in [4.78, 5) is 15.7. The molecule has 1 aromatic carbocycles. The molecule has 0 amide bonds. The minimum absolute atomic E-state index is 0.317. The van der Waals surface area contributed by atoms with Crippen molar-refractivity contribution in [1.82, 2.24) is 20.2 Å². The van der Waals surface area contributed by atoms with Crippen LogP contribution in [0.15, 0.2) is 30.5 Å². The van der Waals surface area contributed by atoms with Crippen LogP contribution in [0.3, 0.4) is 0 Å². The highest BCUT2D eigenvalue weighted by Gasteiger charge is 2.04. The van der Waals surface area contributed by atoms with E-state index < -0.39 is 5.09 Å². The molecule has 5 N–H and O–H groups in total. The number of rotatable bonds is 4. The van der Waals surface area contributed by atoms with Crippen molar-refractivity contribution in [3.05, 3.63) is 52.0 Å². The highest BCUT2D eigenvalue weighted by molar-refractivity contribution is 5.82. The van der Waals surface area contributed by atoms with E-state index in [9.17, 15) is 0 Å². The highest BCUT2D eigenvalue weighted by atomic mass is 16.9. The lowest BCUT2D eigenvalue weighted by molar-refractivity contribution is -0.742. The van der Waals surface area contributed by atoms with Crippen molar-refractivity contribution in [2.75, 3.05) is 5.73 Å². The number of nitrogen functional groups attached to an aromatic ring is 1. The van der Waals surface area contributed by atoms with Gasteiger partial charge in [-0.15, -0.1) is 15.2 Å². The highest BCUT2D eigenvalue weighted by Crippen LogP contribution is 2.19. The Balaban J connectivity index is 0.000000396. The molecule has 0 aliphatic carbocycles. The first kappa shape index (κ1) is 15.3. The fourth-order valence-electron chi connectivity index (χ4n) is 2.21. The van der Waals surface area contributed by atoms with E-state index in [0.29, 0.717) is 5.95 Å². The van der Waals surface area contributed by atoms with Crippen LogP contribution in [-0.4, -0.2) is 30.5 Å². The third kappa shape index (κ3) is 4.20. The molecule has 22 heavy (non-hydrogen) atoms. The fraction of sp³-hybridized carbons (Fsp3) is 0.231. The number of fused-ring (bicyclic) bond motifs is 1. The first-order valence-corrected chi connectivity index (χ1v) is 6.61. The van der Waals surface area contributed by atoms with Gasteiger partial charge in [-0.05, 0) is 24.5 Å². The van der Waals surface area contributed by atoms with Crippen LogP contribution in [0.5, 0.6) is 0 Å². The van der Waals surface area contributed by atoms with Crippen LogP contribution in [0, 0.1) is 10.1 Å². The summed E-state index contributed by atoms with van der Waals surface area (Å²) in [5.41, 5.74) is 8.00. The predicted octanol–water partition coefficient (Wildman–Crippen LogP) is 1.70. The molecule has 0 radical (unpaired) electrons. The number of para-hydroxylation sites is 1. The Bertz CT molecular complexity index is 747. The van der Waals surface area contributed by atoms with Crippen LogP contribution < -0.4 is 5.73 Å². The molecule has 0 bridgehead atoms. The van der Waals surface area contributed by atoms with E-state index in [2.05, 4.69) is 44.6 Å². The van der Waals surface area contributed by atoms with E-state index in [1.54, 1.807) is 0 Å². The zero-order chi connectivity index (χ0) is 15.9. The second kappa shape index (κ2) is 7.07. The van der Waals surface area contributed by atoms with E-state index in [1.807, 2.05) is 6.07 Å². The second-order valence-electron chi connectivity index (χ2n) is 4.59. The molecule has 0 saturated heterocycles. The average molecular weight is 304 g/mol. The van der Waals surface area contributed by atoms with Gasteiger partial charge in [-0.2, -0.15) is 4.98 Å². The molecular weight excluding hydrogens is 288 g/mol. The summed E-state index contributed by atoms with van der Waals surface area (Å²) in [7, 11) is 0. The van der Waals surface area contributed by atoms with Crippen molar-refractivity contribution in [3.63, 3.8) is 0 Å². The van der Waals surface area contributed by atoms with Gasteiger partial charge in [-0.1, -0.05) is 18.2 Å². The molecule has 116 valence electrons. The van der Waals surface area contributed by atoms with Crippen molar-refractivity contribution in [3.8, 4) is 0 Å². The second-order valence-corrected chi connectivity index (χ2v) is 4.59. The van der Waals surface area contributed by atoms with Crippen molar-refractivity contribution < 1.29 is 10.3 Å². The Labute approximate surface area is 125 Å². The molecule has 9 nitrogen and oxygen atoms in total. The van der Waals surface area contributed by atoms with Crippen LogP contribution in [0.2, 0.25) is 0 Å². The third-order valence-corrected chi connectivity index (χ3v) is 3.08. The Kier molecular flexibility index (Phi) is 4.91. The number of benzene rings is 1. The number of nitrogens with zero attached hydrogens (tertiary/aromatic N) is 3. The molecule has 2 aromatic heterocycles. The lowest BCUT2D eigenvalue weighted by atomic mass is 10.1. The van der Waals surface area contributed by atoms with E-state index in [4.69, 9.17) is 21.1 Å². The average Bonchev–Trinajstić information content (AvgIpc) is 3.06. The summed E-state index contributed by atoms with van der Waals surface area (Å²) in [5.74, 6) is 1.17. The zero-order valence-corrected chi connectivity index (χ0v) is 11.7. The van der Waals surface area contributed by atoms with Gasteiger partial charge in [-0.25, -0.2) is 0 Å². The molecule has 3 rings (SSSR count). The molecule has 2 heterocycles. The lowest BCUT2D eigenvalue weighted by Crippen LogP contribution is -1.92. The van der Waals surface area contributed by atoms with Crippen molar-refractivity contribution in [2.45, 2.75) is 19.3 Å². The first-order chi connectivity index (χ1) is 10.6. The van der Waals surface area contributed by atoms with Crippen LogP contribution in [0.25, 0.3) is 10.9 Å². The monoisotopic (exact) mass is 304 g/mol. The molecule has 0 saturated carbocycles. The summed E-state index contributed by atoms with van der Waals surface area (Å²) >= 11 is 0. The number of nitrogens with one attached hydrogen (secondary N) is 2. The Morgan fingerprint density at radius 1 is 1.32 bits per heavy atom. The van der Waals surface area contributed by atoms with E-state index in [0.717, 1.165) is 25.1 Å². The summed E-state index contributed by atoms with van der Waals surface area (Å²) in [6.07, 6.45) is 4.99. The smallest absolute Gasteiger partial charge is 0.291 e. The lowest BCUT2D eigenvalue weighted by Gasteiger charge is -1.98. The number of aryl methyl sites for hydroxylation is 2. The SMILES string of the molecule is Nc1n[nH]c(CCCc2c[nH]c3ccccc23)n1.O=[N+]([O-])O. The summed E-state index contributed by atoms with van der Waals surface area (Å²) < 4.78 is 0. The Hall–Kier alpha value is -3.10. The number of hydrogen-bond donors (Lipinski definition) is 4. The van der Waals surface area contributed by atoms with Gasteiger partial charge in [0, 0.05) is 23.5 Å². The number of anilines is 1. The molecule has 9 heteroatoms. The molecule has 0 atom stereocenters. The zero-order valence-electron chi connectivity index (χ0n) is 11.7. The molecule has 0 fully saturated rings. The summed E-state index contributed by atoms with van der Waals surface area (Å²) in [5, 5.41) is 21.6. The predicted molar refractivity (Wildman–Crippen MR) is 79.9 cm³/mol. The van der Waals surface area contributed by atoms with Crippen molar-refractivity contribution >= 4 is 16.9 Å². The van der Waals surface area contributed by atoms with Crippen LogP contribution >= 0.6 is 0 Å². The maximum absolute atomic E-state index is 8.36. The number of aromatic nitrogens is 4. The molecule has 0 aliphatic heterocycles. The molecule has 0 spiro atoms. The number of aromatic amines is 2. The van der Waals surface area contributed by atoms with E-state index in [-0.39, 0.29) is 0 Å². The largest absolute Gasteiger partial charge is 0.367 e. The fourth-order valence-corrected chi connectivity index (χ4v) is 2.21. The Morgan fingerprint density at radius 2 is 2.05 bits per heavy atom. The van der Waals surface area contributed by atoms with Crippen LogP contribution in [0.4, 0.5) is 5.95 Å². The maximum atomic E-state index is 8.36. The normalized spacial score (nSPS) is 10.2. The van der Waals surface area contributed by atoms with Gasteiger partial charge in [0.25, 0.3) is 5.09 Å². The van der Waals surface area contributed by atoms with Gasteiger partial charge in [0.05, 0.1) is 0 Å². The molecular formula is C13H16N6O3. The Morgan fingerprint density at radius 3 is 2.73 bits per heavy atom. The first-order valence-electron chi connectivity index (χ1n) is 6.61. The van der Waals surface area contributed by atoms with Gasteiger partial charge in [-0.3, -0.25) is 5.10 Å². The van der Waals surface area contributed by atoms with Crippen molar-refractivity contribution in [1.29, 1.82) is 0 Å².